The topological polar surface area (TPSA) is 58.4 Å². The molecule has 0 radical (unpaired) electrons. The Morgan fingerprint density at radius 1 is 1.32 bits per heavy atom. The van der Waals surface area contributed by atoms with Crippen LogP contribution in [0.4, 0.5) is 0 Å². The summed E-state index contributed by atoms with van der Waals surface area (Å²) in [6, 6.07) is 0.375. The van der Waals surface area contributed by atoms with E-state index in [2.05, 4.69) is 16.9 Å². The Hall–Kier alpha value is -1.95. The Labute approximate surface area is 130 Å². The van der Waals surface area contributed by atoms with Crippen molar-refractivity contribution in [2.45, 2.75) is 38.9 Å². The van der Waals surface area contributed by atoms with E-state index in [9.17, 15) is 9.59 Å². The van der Waals surface area contributed by atoms with Gasteiger partial charge >= 0.3 is 0 Å². The maximum Gasteiger partial charge on any atom is 0.246 e. The summed E-state index contributed by atoms with van der Waals surface area (Å²) in [7, 11) is 2.09. The first kappa shape index (κ1) is 15.0. The van der Waals surface area contributed by atoms with Crippen molar-refractivity contribution in [3.05, 3.63) is 29.9 Å². The Balaban J connectivity index is 1.65. The molecular formula is C16H22N4O2. The summed E-state index contributed by atoms with van der Waals surface area (Å²) < 4.78 is 1.92. The highest BCUT2D eigenvalue weighted by Crippen LogP contribution is 2.17. The number of carbonyl (C=O) groups is 2. The molecule has 0 saturated carbocycles. The van der Waals surface area contributed by atoms with Crippen LogP contribution in [0.1, 0.15) is 36.1 Å². The van der Waals surface area contributed by atoms with E-state index in [0.717, 1.165) is 18.8 Å². The molecule has 3 heterocycles. The number of aromatic nitrogens is 2. The molecule has 0 spiro atoms. The quantitative estimate of drug-likeness (QED) is 0.619. The Kier molecular flexibility index (Phi) is 4.11. The van der Waals surface area contributed by atoms with E-state index in [4.69, 9.17) is 0 Å². The normalized spacial score (nSPS) is 22.3. The van der Waals surface area contributed by atoms with Gasteiger partial charge in [0, 0.05) is 32.1 Å². The van der Waals surface area contributed by atoms with Gasteiger partial charge in [-0.15, -0.1) is 0 Å². The highest BCUT2D eigenvalue weighted by atomic mass is 16.2. The molecule has 1 aromatic rings. The number of hydrogen-bond donors (Lipinski definition) is 0. The molecule has 0 aromatic carbocycles. The summed E-state index contributed by atoms with van der Waals surface area (Å²) in [6.07, 6.45) is 7.62. The molecule has 0 aliphatic carbocycles. The van der Waals surface area contributed by atoms with Crippen LogP contribution in [0.25, 0.3) is 0 Å². The zero-order chi connectivity index (χ0) is 15.7. The molecule has 2 aliphatic rings. The highest BCUT2D eigenvalue weighted by Gasteiger charge is 2.24. The monoisotopic (exact) mass is 302 g/mol. The largest absolute Gasteiger partial charge is 0.330 e. The second kappa shape index (κ2) is 6.04. The molecule has 1 aromatic heterocycles. The van der Waals surface area contributed by atoms with Crippen LogP contribution in [0.5, 0.6) is 0 Å². The number of rotatable bonds is 3. The van der Waals surface area contributed by atoms with Crippen LogP contribution in [-0.4, -0.2) is 57.2 Å². The summed E-state index contributed by atoms with van der Waals surface area (Å²) in [5.41, 5.74) is 0.630. The number of fused-ring (bicyclic) bond motifs is 1. The average Bonchev–Trinajstić information content (AvgIpc) is 3.10. The molecule has 6 nitrogen and oxygen atoms in total. The molecule has 118 valence electrons. The van der Waals surface area contributed by atoms with Crippen LogP contribution in [-0.2, 0) is 17.9 Å². The van der Waals surface area contributed by atoms with Gasteiger partial charge < -0.3 is 9.47 Å². The number of ketones is 1. The summed E-state index contributed by atoms with van der Waals surface area (Å²) in [4.78, 5) is 32.2. The highest BCUT2D eigenvalue weighted by molar-refractivity contribution is 5.92. The SMILES string of the molecule is CC(=O)c1cnc2n1CCN(C(=O)/C=C/C1CCCN1C)C2. The minimum Gasteiger partial charge on any atom is -0.330 e. The van der Waals surface area contributed by atoms with Gasteiger partial charge in [0.2, 0.25) is 5.91 Å². The molecule has 1 unspecified atom stereocenters. The van der Waals surface area contributed by atoms with Crippen molar-refractivity contribution in [2.75, 3.05) is 20.1 Å². The van der Waals surface area contributed by atoms with Gasteiger partial charge in [0.05, 0.1) is 12.7 Å². The number of likely N-dealkylation sites (tertiary alicyclic amines) is 1. The van der Waals surface area contributed by atoms with Crippen molar-refractivity contribution in [3.63, 3.8) is 0 Å². The summed E-state index contributed by atoms with van der Waals surface area (Å²) in [6.45, 7) is 4.36. The van der Waals surface area contributed by atoms with Crippen LogP contribution < -0.4 is 0 Å². The smallest absolute Gasteiger partial charge is 0.246 e. The maximum atomic E-state index is 12.3. The molecule has 6 heteroatoms. The maximum absolute atomic E-state index is 12.3. The first-order valence-corrected chi connectivity index (χ1v) is 7.79. The van der Waals surface area contributed by atoms with E-state index >= 15 is 0 Å². The number of amides is 1. The lowest BCUT2D eigenvalue weighted by Crippen LogP contribution is -2.38. The van der Waals surface area contributed by atoms with Gasteiger partial charge in [-0.2, -0.15) is 0 Å². The van der Waals surface area contributed by atoms with Crippen LogP contribution >= 0.6 is 0 Å². The van der Waals surface area contributed by atoms with Crippen LogP contribution in [0.3, 0.4) is 0 Å². The standard InChI is InChI=1S/C16H22N4O2/c1-12(21)14-10-17-15-11-19(8-9-20(14)15)16(22)6-5-13-4-3-7-18(13)2/h5-6,10,13H,3-4,7-9,11H2,1-2H3/b6-5+. The van der Waals surface area contributed by atoms with Gasteiger partial charge in [0.25, 0.3) is 0 Å². The molecule has 0 N–H and O–H groups in total. The molecule has 0 bridgehead atoms. The van der Waals surface area contributed by atoms with Gasteiger partial charge in [-0.05, 0) is 26.4 Å². The summed E-state index contributed by atoms with van der Waals surface area (Å²) in [5, 5.41) is 0. The van der Waals surface area contributed by atoms with Gasteiger partial charge in [-0.25, -0.2) is 4.98 Å². The van der Waals surface area contributed by atoms with Gasteiger partial charge in [0.15, 0.2) is 5.78 Å². The molecule has 3 rings (SSSR count). The lowest BCUT2D eigenvalue weighted by molar-refractivity contribution is -0.127. The third-order valence-corrected chi connectivity index (χ3v) is 4.57. The fourth-order valence-electron chi connectivity index (χ4n) is 3.21. The number of imidazole rings is 1. The van der Waals surface area contributed by atoms with Crippen molar-refractivity contribution in [1.29, 1.82) is 0 Å². The number of likely N-dealkylation sites (N-methyl/N-ethyl adjacent to an activating group) is 1. The predicted octanol–water partition coefficient (Wildman–Crippen LogP) is 1.08. The summed E-state index contributed by atoms with van der Waals surface area (Å²) in [5.74, 6) is 0.831. The molecule has 22 heavy (non-hydrogen) atoms. The van der Waals surface area contributed by atoms with Gasteiger partial charge in [0.1, 0.15) is 11.5 Å². The number of hydrogen-bond acceptors (Lipinski definition) is 4. The second-order valence-electron chi connectivity index (χ2n) is 6.08. The lowest BCUT2D eigenvalue weighted by Gasteiger charge is -2.27. The first-order valence-electron chi connectivity index (χ1n) is 7.79. The molecule has 1 saturated heterocycles. The molecular weight excluding hydrogens is 280 g/mol. The molecule has 1 atom stereocenters. The number of Topliss-reactive ketones (excluding diaryl/α,β-unsaturated/α-hetero) is 1. The van der Waals surface area contributed by atoms with E-state index < -0.39 is 0 Å². The first-order chi connectivity index (χ1) is 10.6. The van der Waals surface area contributed by atoms with Gasteiger partial charge in [-0.1, -0.05) is 6.08 Å². The fourth-order valence-corrected chi connectivity index (χ4v) is 3.21. The second-order valence-corrected chi connectivity index (χ2v) is 6.08. The molecule has 2 aliphatic heterocycles. The van der Waals surface area contributed by atoms with Crippen LogP contribution in [0.2, 0.25) is 0 Å². The number of carbonyl (C=O) groups excluding carboxylic acids is 2. The minimum absolute atomic E-state index is 0.0164. The Bertz CT molecular complexity index is 620. The molecule has 1 fully saturated rings. The zero-order valence-corrected chi connectivity index (χ0v) is 13.2. The van der Waals surface area contributed by atoms with Crippen molar-refractivity contribution in [3.8, 4) is 0 Å². The predicted molar refractivity (Wildman–Crippen MR) is 82.4 cm³/mol. The van der Waals surface area contributed by atoms with E-state index in [0.29, 0.717) is 31.4 Å². The molecule has 1 amide bonds. The van der Waals surface area contributed by atoms with E-state index in [1.165, 1.54) is 6.42 Å². The fraction of sp³-hybridized carbons (Fsp3) is 0.562. The van der Waals surface area contributed by atoms with Crippen molar-refractivity contribution < 1.29 is 9.59 Å². The Morgan fingerprint density at radius 3 is 2.82 bits per heavy atom. The van der Waals surface area contributed by atoms with E-state index in [1.807, 2.05) is 10.6 Å². The van der Waals surface area contributed by atoms with Gasteiger partial charge in [-0.3, -0.25) is 14.5 Å². The zero-order valence-electron chi connectivity index (χ0n) is 13.2. The summed E-state index contributed by atoms with van der Waals surface area (Å²) >= 11 is 0. The average molecular weight is 302 g/mol. The van der Waals surface area contributed by atoms with Crippen molar-refractivity contribution in [2.24, 2.45) is 0 Å². The number of nitrogens with zero attached hydrogens (tertiary/aromatic N) is 4. The van der Waals surface area contributed by atoms with Crippen LogP contribution in [0.15, 0.2) is 18.3 Å². The lowest BCUT2D eigenvalue weighted by atomic mass is 10.2. The van der Waals surface area contributed by atoms with Crippen LogP contribution in [0, 0.1) is 0 Å². The van der Waals surface area contributed by atoms with E-state index in [-0.39, 0.29) is 11.7 Å². The van der Waals surface area contributed by atoms with E-state index in [1.54, 1.807) is 24.1 Å². The third-order valence-electron chi connectivity index (χ3n) is 4.57. The Morgan fingerprint density at radius 2 is 2.14 bits per heavy atom. The van der Waals surface area contributed by atoms with Crippen molar-refractivity contribution >= 4 is 11.7 Å². The minimum atomic E-state index is 0.0164. The van der Waals surface area contributed by atoms with Crippen molar-refractivity contribution in [1.82, 2.24) is 19.4 Å². The third kappa shape index (κ3) is 2.83.